The number of benzene rings is 1. The summed E-state index contributed by atoms with van der Waals surface area (Å²) in [6.07, 6.45) is 2.27. The van der Waals surface area contributed by atoms with Gasteiger partial charge in [-0.05, 0) is 31.7 Å². The van der Waals surface area contributed by atoms with Crippen LogP contribution in [-0.4, -0.2) is 22.0 Å². The first-order valence-corrected chi connectivity index (χ1v) is 6.33. The van der Waals surface area contributed by atoms with Crippen LogP contribution in [-0.2, 0) is 4.79 Å². The first-order chi connectivity index (χ1) is 9.13. The highest BCUT2D eigenvalue weighted by atomic mass is 19.1. The number of hydrogen-bond donors (Lipinski definition) is 2. The molecule has 4 nitrogen and oxygen atoms in total. The minimum Gasteiger partial charge on any atom is -0.481 e. The van der Waals surface area contributed by atoms with Crippen LogP contribution < -0.4 is 0 Å². The monoisotopic (exact) mass is 265 g/mol. The van der Waals surface area contributed by atoms with Crippen LogP contribution in [0.4, 0.5) is 4.39 Å². The van der Waals surface area contributed by atoms with Crippen molar-refractivity contribution in [2.75, 3.05) is 0 Å². The van der Waals surface area contributed by atoms with Crippen molar-refractivity contribution in [1.82, 2.24) is 0 Å². The molecule has 0 radical (unpaired) electrons. The maximum atomic E-state index is 13.7. The summed E-state index contributed by atoms with van der Waals surface area (Å²) in [4.78, 5) is 10.9. The van der Waals surface area contributed by atoms with Gasteiger partial charge < -0.3 is 10.3 Å². The molecule has 1 aliphatic rings. The summed E-state index contributed by atoms with van der Waals surface area (Å²) in [6, 6.07) is 6.17. The van der Waals surface area contributed by atoms with E-state index in [0.29, 0.717) is 37.0 Å². The molecule has 1 aliphatic carbocycles. The Bertz CT molecular complexity index is 493. The zero-order valence-corrected chi connectivity index (χ0v) is 10.4. The largest absolute Gasteiger partial charge is 0.481 e. The van der Waals surface area contributed by atoms with Crippen molar-refractivity contribution in [1.29, 1.82) is 0 Å². The maximum absolute atomic E-state index is 13.7. The van der Waals surface area contributed by atoms with Crippen molar-refractivity contribution in [2.24, 2.45) is 17.0 Å². The van der Waals surface area contributed by atoms with E-state index in [1.807, 2.05) is 0 Å². The molecule has 0 bridgehead atoms. The van der Waals surface area contributed by atoms with Crippen molar-refractivity contribution in [3.05, 3.63) is 35.6 Å². The van der Waals surface area contributed by atoms with Gasteiger partial charge in [-0.3, -0.25) is 4.79 Å². The minimum atomic E-state index is -0.785. The van der Waals surface area contributed by atoms with Crippen LogP contribution in [0.5, 0.6) is 0 Å². The van der Waals surface area contributed by atoms with E-state index in [1.54, 1.807) is 18.2 Å². The lowest BCUT2D eigenvalue weighted by Crippen LogP contribution is -2.27. The van der Waals surface area contributed by atoms with Gasteiger partial charge in [-0.1, -0.05) is 23.4 Å². The molecule has 0 atom stereocenters. The second-order valence-corrected chi connectivity index (χ2v) is 4.85. The van der Waals surface area contributed by atoms with Gasteiger partial charge in [-0.15, -0.1) is 0 Å². The van der Waals surface area contributed by atoms with E-state index in [-0.39, 0.29) is 11.8 Å². The number of carboxylic acids is 1. The van der Waals surface area contributed by atoms with Crippen molar-refractivity contribution in [3.63, 3.8) is 0 Å². The van der Waals surface area contributed by atoms with Gasteiger partial charge in [0.1, 0.15) is 5.82 Å². The van der Waals surface area contributed by atoms with Crippen LogP contribution in [0.25, 0.3) is 0 Å². The van der Waals surface area contributed by atoms with Crippen LogP contribution in [0.2, 0.25) is 0 Å². The van der Waals surface area contributed by atoms with Crippen molar-refractivity contribution >= 4 is 11.7 Å². The summed E-state index contributed by atoms with van der Waals surface area (Å²) >= 11 is 0. The molecule has 0 spiro atoms. The predicted molar refractivity (Wildman–Crippen MR) is 67.8 cm³/mol. The Labute approximate surface area is 110 Å². The Kier molecular flexibility index (Phi) is 4.14. The van der Waals surface area contributed by atoms with Gasteiger partial charge in [0.15, 0.2) is 0 Å². The van der Waals surface area contributed by atoms with Gasteiger partial charge in [0.05, 0.1) is 11.6 Å². The average Bonchev–Trinajstić information content (AvgIpc) is 2.42. The molecule has 5 heteroatoms. The van der Waals surface area contributed by atoms with E-state index in [0.717, 1.165) is 0 Å². The van der Waals surface area contributed by atoms with Gasteiger partial charge in [0.25, 0.3) is 0 Å². The van der Waals surface area contributed by atoms with Crippen LogP contribution in [0.3, 0.4) is 0 Å². The second-order valence-electron chi connectivity index (χ2n) is 4.85. The number of carbonyl (C=O) groups is 1. The smallest absolute Gasteiger partial charge is 0.306 e. The second kappa shape index (κ2) is 5.82. The third-order valence-electron chi connectivity index (χ3n) is 3.72. The molecule has 0 heterocycles. The molecule has 19 heavy (non-hydrogen) atoms. The van der Waals surface area contributed by atoms with Gasteiger partial charge in [0.2, 0.25) is 0 Å². The molecular weight excluding hydrogens is 249 g/mol. The quantitative estimate of drug-likeness (QED) is 0.501. The number of halogens is 1. The fourth-order valence-corrected chi connectivity index (χ4v) is 2.64. The fraction of sp³-hybridized carbons (Fsp3) is 0.429. The van der Waals surface area contributed by atoms with Gasteiger partial charge >= 0.3 is 5.97 Å². The molecule has 0 amide bonds. The molecule has 1 aromatic carbocycles. The lowest BCUT2D eigenvalue weighted by Gasteiger charge is -2.26. The molecule has 0 saturated heterocycles. The topological polar surface area (TPSA) is 69.9 Å². The first kappa shape index (κ1) is 13.5. The van der Waals surface area contributed by atoms with Crippen molar-refractivity contribution in [2.45, 2.75) is 25.7 Å². The summed E-state index contributed by atoms with van der Waals surface area (Å²) < 4.78 is 13.7. The van der Waals surface area contributed by atoms with Gasteiger partial charge in [0, 0.05) is 11.5 Å². The van der Waals surface area contributed by atoms with Gasteiger partial charge in [-0.2, -0.15) is 0 Å². The molecule has 2 rings (SSSR count). The van der Waals surface area contributed by atoms with E-state index < -0.39 is 11.8 Å². The van der Waals surface area contributed by atoms with Crippen LogP contribution in [0.15, 0.2) is 29.4 Å². The number of nitrogens with zero attached hydrogens (tertiary/aromatic N) is 1. The predicted octanol–water partition coefficient (Wildman–Crippen LogP) is 2.90. The lowest BCUT2D eigenvalue weighted by atomic mass is 9.78. The molecule has 0 aliphatic heterocycles. The number of hydrogen-bond acceptors (Lipinski definition) is 3. The molecule has 102 valence electrons. The highest BCUT2D eigenvalue weighted by Crippen LogP contribution is 2.32. The Balaban J connectivity index is 2.13. The Morgan fingerprint density at radius 2 is 1.74 bits per heavy atom. The average molecular weight is 265 g/mol. The number of oxime groups is 1. The fourth-order valence-electron chi connectivity index (χ4n) is 2.64. The maximum Gasteiger partial charge on any atom is 0.306 e. The van der Waals surface area contributed by atoms with Crippen LogP contribution >= 0.6 is 0 Å². The van der Waals surface area contributed by atoms with E-state index in [2.05, 4.69) is 5.16 Å². The number of carboxylic acid groups (broad SMARTS) is 1. The zero-order chi connectivity index (χ0) is 13.8. The van der Waals surface area contributed by atoms with Crippen LogP contribution in [0, 0.1) is 17.7 Å². The van der Waals surface area contributed by atoms with E-state index in [4.69, 9.17) is 10.3 Å². The lowest BCUT2D eigenvalue weighted by molar-refractivity contribution is -0.142. The molecule has 1 fully saturated rings. The summed E-state index contributed by atoms with van der Waals surface area (Å²) in [5.41, 5.74) is 0.616. The van der Waals surface area contributed by atoms with Crippen molar-refractivity contribution in [3.8, 4) is 0 Å². The van der Waals surface area contributed by atoms with E-state index >= 15 is 0 Å². The third-order valence-corrected chi connectivity index (χ3v) is 3.72. The Morgan fingerprint density at radius 1 is 1.16 bits per heavy atom. The molecule has 1 saturated carbocycles. The highest BCUT2D eigenvalue weighted by Gasteiger charge is 2.30. The molecule has 1 aromatic rings. The molecular formula is C14H16FNO3. The minimum absolute atomic E-state index is 0.0856. The standard InChI is InChI=1S/C14H16FNO3/c15-12-4-2-1-3-11(12)13(16-19)9-5-7-10(8-6-9)14(17)18/h1-4,9-10,19H,5-8H2,(H,17,18)/b16-13-. The summed E-state index contributed by atoms with van der Waals surface area (Å²) in [6.45, 7) is 0. The van der Waals surface area contributed by atoms with E-state index in [9.17, 15) is 9.18 Å². The Morgan fingerprint density at radius 3 is 2.26 bits per heavy atom. The van der Waals surface area contributed by atoms with Gasteiger partial charge in [-0.25, -0.2) is 4.39 Å². The number of rotatable bonds is 3. The molecule has 2 N–H and O–H groups in total. The third kappa shape index (κ3) is 2.92. The zero-order valence-electron chi connectivity index (χ0n) is 10.4. The van der Waals surface area contributed by atoms with Crippen molar-refractivity contribution < 1.29 is 19.5 Å². The Hall–Kier alpha value is -1.91. The summed E-state index contributed by atoms with van der Waals surface area (Å²) in [5.74, 6) is -1.63. The normalized spacial score (nSPS) is 24.2. The molecule has 0 aromatic heterocycles. The summed E-state index contributed by atoms with van der Waals surface area (Å²) in [7, 11) is 0. The highest BCUT2D eigenvalue weighted by molar-refractivity contribution is 6.02. The molecule has 0 unspecified atom stereocenters. The first-order valence-electron chi connectivity index (χ1n) is 6.33. The number of aliphatic carboxylic acids is 1. The van der Waals surface area contributed by atoms with E-state index in [1.165, 1.54) is 6.07 Å². The SMILES string of the molecule is O=C(O)C1CCC(/C(=N/O)c2ccccc2F)CC1. The van der Waals surface area contributed by atoms with Crippen LogP contribution in [0.1, 0.15) is 31.2 Å². The summed E-state index contributed by atoms with van der Waals surface area (Å²) in [5, 5.41) is 21.3.